The van der Waals surface area contributed by atoms with E-state index in [2.05, 4.69) is 72.4 Å². The van der Waals surface area contributed by atoms with Crippen LogP contribution in [0.2, 0.25) is 0 Å². The zero-order valence-electron chi connectivity index (χ0n) is 18.0. The van der Waals surface area contributed by atoms with E-state index in [-0.39, 0.29) is 6.61 Å². The molecule has 0 fully saturated rings. The lowest BCUT2D eigenvalue weighted by Crippen LogP contribution is -2.24. The molecule has 0 bridgehead atoms. The molecule has 0 atom stereocenters. The third-order valence-corrected chi connectivity index (χ3v) is 4.68. The zero-order chi connectivity index (χ0) is 19.4. The van der Waals surface area contributed by atoms with Gasteiger partial charge in [-0.15, -0.1) is 0 Å². The highest BCUT2D eigenvalue weighted by Crippen LogP contribution is 2.31. The lowest BCUT2D eigenvalue weighted by molar-refractivity contribution is 0.299. The largest absolute Gasteiger partial charge is 0.396 e. The molecule has 1 aromatic carbocycles. The van der Waals surface area contributed by atoms with Gasteiger partial charge in [0.2, 0.25) is 0 Å². The number of aryl methyl sites for hydroxylation is 1. The van der Waals surface area contributed by atoms with Crippen molar-refractivity contribution in [3.63, 3.8) is 0 Å². The fourth-order valence-electron chi connectivity index (χ4n) is 3.06. The van der Waals surface area contributed by atoms with Crippen molar-refractivity contribution in [2.75, 3.05) is 26.2 Å². The van der Waals surface area contributed by atoms with E-state index in [0.717, 1.165) is 32.5 Å². The van der Waals surface area contributed by atoms with E-state index in [1.165, 1.54) is 39.8 Å². The summed E-state index contributed by atoms with van der Waals surface area (Å²) in [5, 5.41) is 9.39. The summed E-state index contributed by atoms with van der Waals surface area (Å²) < 4.78 is 0. The molecule has 0 amide bonds. The number of benzene rings is 1. The van der Waals surface area contributed by atoms with E-state index in [9.17, 15) is 5.11 Å². The number of rotatable bonds is 8. The van der Waals surface area contributed by atoms with Gasteiger partial charge in [-0.05, 0) is 81.5 Å². The van der Waals surface area contributed by atoms with Crippen LogP contribution in [0.4, 0.5) is 0 Å². The Morgan fingerprint density at radius 2 is 1.56 bits per heavy atom. The Kier molecular flexibility index (Phi) is 12.5. The number of hydrogen-bond donors (Lipinski definition) is 1. The maximum absolute atomic E-state index is 9.39. The summed E-state index contributed by atoms with van der Waals surface area (Å²) in [5.74, 6) is 0. The molecule has 0 saturated carbocycles. The number of allylic oxidation sites excluding steroid dienone is 1. The van der Waals surface area contributed by atoms with E-state index in [0.29, 0.717) is 0 Å². The minimum atomic E-state index is 0.210. The van der Waals surface area contributed by atoms with Crippen LogP contribution in [-0.2, 0) is 6.42 Å². The molecule has 1 aromatic rings. The van der Waals surface area contributed by atoms with Crippen molar-refractivity contribution in [3.8, 4) is 0 Å². The van der Waals surface area contributed by atoms with Gasteiger partial charge in [-0.25, -0.2) is 0 Å². The maximum atomic E-state index is 9.39. The first-order valence-corrected chi connectivity index (χ1v) is 9.96. The van der Waals surface area contributed by atoms with Crippen LogP contribution in [0.15, 0.2) is 17.7 Å². The van der Waals surface area contributed by atoms with Gasteiger partial charge in [0.25, 0.3) is 0 Å². The van der Waals surface area contributed by atoms with Crippen LogP contribution in [0.25, 0.3) is 5.57 Å². The number of nitrogens with zero attached hydrogens (tertiary/aromatic N) is 1. The predicted octanol–water partition coefficient (Wildman–Crippen LogP) is 5.78. The minimum Gasteiger partial charge on any atom is -0.396 e. The summed E-state index contributed by atoms with van der Waals surface area (Å²) in [6, 6.07) is 4.37. The summed E-state index contributed by atoms with van der Waals surface area (Å²) in [4.78, 5) is 2.47. The van der Waals surface area contributed by atoms with Crippen LogP contribution in [0.3, 0.4) is 0 Å². The molecule has 0 heterocycles. The first-order valence-electron chi connectivity index (χ1n) is 9.96. The van der Waals surface area contributed by atoms with Crippen LogP contribution < -0.4 is 0 Å². The monoisotopic (exact) mass is 347 g/mol. The topological polar surface area (TPSA) is 23.5 Å². The van der Waals surface area contributed by atoms with Crippen LogP contribution in [-0.4, -0.2) is 36.2 Å². The Labute approximate surface area is 157 Å². The van der Waals surface area contributed by atoms with E-state index < -0.39 is 0 Å². The number of aliphatic hydroxyl groups excluding tert-OH is 1. The van der Waals surface area contributed by atoms with E-state index in [1.807, 2.05) is 0 Å². The van der Waals surface area contributed by atoms with Gasteiger partial charge in [-0.2, -0.15) is 0 Å². The van der Waals surface area contributed by atoms with Crippen LogP contribution >= 0.6 is 0 Å². The zero-order valence-corrected chi connectivity index (χ0v) is 18.0. The maximum Gasteiger partial charge on any atom is 0.0471 e. The Hall–Kier alpha value is -1.12. The SMILES string of the molecule is CCC.CCN(CC)CCC(=C(C)C)c1c(CCO)ccc(C)c1C. The van der Waals surface area contributed by atoms with Gasteiger partial charge in [0.05, 0.1) is 0 Å². The van der Waals surface area contributed by atoms with Crippen molar-refractivity contribution >= 4 is 5.57 Å². The van der Waals surface area contributed by atoms with Crippen molar-refractivity contribution in [1.29, 1.82) is 0 Å². The number of aliphatic hydroxyl groups is 1. The molecule has 2 nitrogen and oxygen atoms in total. The molecule has 2 heteroatoms. The predicted molar refractivity (Wildman–Crippen MR) is 113 cm³/mol. The highest BCUT2D eigenvalue weighted by atomic mass is 16.2. The third kappa shape index (κ3) is 7.75. The molecule has 0 spiro atoms. The molecule has 0 aliphatic rings. The summed E-state index contributed by atoms with van der Waals surface area (Å²) in [7, 11) is 0. The average molecular weight is 348 g/mol. The highest BCUT2D eigenvalue weighted by Gasteiger charge is 2.14. The lowest BCUT2D eigenvalue weighted by atomic mass is 9.87. The van der Waals surface area contributed by atoms with E-state index in [1.54, 1.807) is 0 Å². The molecular weight excluding hydrogens is 306 g/mol. The Balaban J connectivity index is 0.00000178. The van der Waals surface area contributed by atoms with E-state index in [4.69, 9.17) is 0 Å². The molecule has 1 rings (SSSR count). The Morgan fingerprint density at radius 1 is 1.00 bits per heavy atom. The van der Waals surface area contributed by atoms with E-state index >= 15 is 0 Å². The minimum absolute atomic E-state index is 0.210. The molecule has 0 aliphatic heterocycles. The summed E-state index contributed by atoms with van der Waals surface area (Å²) in [6.45, 7) is 21.0. The van der Waals surface area contributed by atoms with Crippen molar-refractivity contribution in [2.24, 2.45) is 0 Å². The Morgan fingerprint density at radius 3 is 2.00 bits per heavy atom. The quantitative estimate of drug-likeness (QED) is 0.644. The lowest BCUT2D eigenvalue weighted by Gasteiger charge is -2.23. The standard InChI is InChI=1S/C20H33NO.C3H8/c1-7-21(8-2)13-11-19(15(3)4)20-17(6)16(5)9-10-18(20)12-14-22;1-3-2/h9-10,22H,7-8,11-14H2,1-6H3;3H2,1-2H3. The molecule has 0 radical (unpaired) electrons. The second-order valence-corrected chi connectivity index (χ2v) is 6.98. The van der Waals surface area contributed by atoms with Gasteiger partial charge in [-0.3, -0.25) is 0 Å². The molecule has 0 aromatic heterocycles. The average Bonchev–Trinajstić information content (AvgIpc) is 2.57. The highest BCUT2D eigenvalue weighted by molar-refractivity contribution is 5.74. The van der Waals surface area contributed by atoms with Gasteiger partial charge < -0.3 is 10.0 Å². The molecular formula is C23H41NO. The fraction of sp³-hybridized carbons (Fsp3) is 0.652. The molecule has 0 aliphatic carbocycles. The molecule has 1 N–H and O–H groups in total. The van der Waals surface area contributed by atoms with Gasteiger partial charge in [0.1, 0.15) is 0 Å². The summed E-state index contributed by atoms with van der Waals surface area (Å²) >= 11 is 0. The molecule has 0 saturated heterocycles. The van der Waals surface area contributed by atoms with Gasteiger partial charge >= 0.3 is 0 Å². The first-order chi connectivity index (χ1) is 11.9. The van der Waals surface area contributed by atoms with Crippen molar-refractivity contribution < 1.29 is 5.11 Å². The van der Waals surface area contributed by atoms with Gasteiger partial charge in [0, 0.05) is 13.2 Å². The second-order valence-electron chi connectivity index (χ2n) is 6.98. The van der Waals surface area contributed by atoms with Crippen molar-refractivity contribution in [1.82, 2.24) is 4.90 Å². The summed E-state index contributed by atoms with van der Waals surface area (Å²) in [6.07, 6.45) is 3.06. The fourth-order valence-corrected chi connectivity index (χ4v) is 3.06. The summed E-state index contributed by atoms with van der Waals surface area (Å²) in [5.41, 5.74) is 8.19. The smallest absolute Gasteiger partial charge is 0.0471 e. The van der Waals surface area contributed by atoms with Crippen LogP contribution in [0, 0.1) is 13.8 Å². The van der Waals surface area contributed by atoms with Crippen LogP contribution in [0.1, 0.15) is 76.6 Å². The van der Waals surface area contributed by atoms with Crippen molar-refractivity contribution in [3.05, 3.63) is 40.0 Å². The van der Waals surface area contributed by atoms with Crippen LogP contribution in [0.5, 0.6) is 0 Å². The third-order valence-electron chi connectivity index (χ3n) is 4.68. The normalized spacial score (nSPS) is 10.5. The molecule has 0 unspecified atom stereocenters. The van der Waals surface area contributed by atoms with Gasteiger partial charge in [0.15, 0.2) is 0 Å². The first kappa shape index (κ1) is 23.9. The second kappa shape index (κ2) is 13.1. The number of hydrogen-bond acceptors (Lipinski definition) is 2. The Bertz CT molecular complexity index is 523. The van der Waals surface area contributed by atoms with Crippen molar-refractivity contribution in [2.45, 2.75) is 74.7 Å². The molecule has 144 valence electrons. The van der Waals surface area contributed by atoms with Gasteiger partial charge in [-0.1, -0.05) is 51.8 Å². The molecule has 25 heavy (non-hydrogen) atoms.